The quantitative estimate of drug-likeness (QED) is 0.814. The van der Waals surface area contributed by atoms with Crippen LogP contribution in [-0.2, 0) is 16.0 Å². The maximum absolute atomic E-state index is 5.84. The van der Waals surface area contributed by atoms with Crippen LogP contribution in [0.1, 0.15) is 12.0 Å². The van der Waals surface area contributed by atoms with E-state index in [0.29, 0.717) is 0 Å². The summed E-state index contributed by atoms with van der Waals surface area (Å²) in [6, 6.07) is 19.3. The molecule has 1 aliphatic rings. The van der Waals surface area contributed by atoms with Crippen molar-refractivity contribution in [3.63, 3.8) is 0 Å². The Labute approximate surface area is 138 Å². The summed E-state index contributed by atoms with van der Waals surface area (Å²) in [6.07, 6.45) is 1.25. The Balaban J connectivity index is 1.71. The monoisotopic (exact) mass is 311 g/mol. The summed E-state index contributed by atoms with van der Waals surface area (Å²) in [5, 5.41) is 0. The largest absolute Gasteiger partial charge is 0.385 e. The van der Waals surface area contributed by atoms with Gasteiger partial charge in [0.15, 0.2) is 0 Å². The molecule has 3 nitrogen and oxygen atoms in total. The molecule has 0 N–H and O–H groups in total. The second-order valence-corrected chi connectivity index (χ2v) is 6.03. The summed E-state index contributed by atoms with van der Waals surface area (Å²) in [5.74, 6) is 0. The van der Waals surface area contributed by atoms with Crippen molar-refractivity contribution >= 4 is 0 Å². The molecule has 0 bridgehead atoms. The molecule has 2 aromatic carbocycles. The lowest BCUT2D eigenvalue weighted by Crippen LogP contribution is -2.42. The average molecular weight is 311 g/mol. The van der Waals surface area contributed by atoms with Crippen LogP contribution in [0, 0.1) is 0 Å². The lowest BCUT2D eigenvalue weighted by molar-refractivity contribution is -0.0432. The SMILES string of the molecule is COCC[C@@H]1CN(Cc2ccccc2-c2ccccc2)CCO1. The van der Waals surface area contributed by atoms with Crippen molar-refractivity contribution < 1.29 is 9.47 Å². The van der Waals surface area contributed by atoms with Gasteiger partial charge in [-0.25, -0.2) is 0 Å². The number of ether oxygens (including phenoxy) is 2. The highest BCUT2D eigenvalue weighted by atomic mass is 16.5. The van der Waals surface area contributed by atoms with Crippen LogP contribution in [0.15, 0.2) is 54.6 Å². The summed E-state index contributed by atoms with van der Waals surface area (Å²) >= 11 is 0. The fraction of sp³-hybridized carbons (Fsp3) is 0.400. The standard InChI is InChI=1S/C20H25NO2/c1-22-13-11-19-16-21(12-14-23-19)15-18-9-5-6-10-20(18)17-7-3-2-4-8-17/h2-10,19H,11-16H2,1H3/t19-/m1/s1. The first kappa shape index (κ1) is 16.2. The van der Waals surface area contributed by atoms with Gasteiger partial charge in [-0.15, -0.1) is 0 Å². The molecule has 0 radical (unpaired) electrons. The third-order valence-corrected chi connectivity index (χ3v) is 4.36. The zero-order valence-electron chi connectivity index (χ0n) is 13.8. The van der Waals surface area contributed by atoms with Crippen molar-refractivity contribution in [3.05, 3.63) is 60.2 Å². The van der Waals surface area contributed by atoms with Crippen LogP contribution in [0.25, 0.3) is 11.1 Å². The van der Waals surface area contributed by atoms with Crippen LogP contribution in [0.4, 0.5) is 0 Å². The molecule has 3 rings (SSSR count). The molecule has 1 heterocycles. The van der Waals surface area contributed by atoms with Gasteiger partial charge in [-0.1, -0.05) is 54.6 Å². The van der Waals surface area contributed by atoms with Gasteiger partial charge in [0.25, 0.3) is 0 Å². The smallest absolute Gasteiger partial charge is 0.0724 e. The van der Waals surface area contributed by atoms with E-state index in [9.17, 15) is 0 Å². The Morgan fingerprint density at radius 1 is 1.09 bits per heavy atom. The van der Waals surface area contributed by atoms with Gasteiger partial charge in [0.2, 0.25) is 0 Å². The molecule has 0 spiro atoms. The molecule has 2 aromatic rings. The molecule has 3 heteroatoms. The van der Waals surface area contributed by atoms with Gasteiger partial charge in [-0.05, 0) is 23.1 Å². The summed E-state index contributed by atoms with van der Waals surface area (Å²) in [6.45, 7) is 4.51. The average Bonchev–Trinajstić information content (AvgIpc) is 2.61. The minimum absolute atomic E-state index is 0.285. The summed E-state index contributed by atoms with van der Waals surface area (Å²) in [4.78, 5) is 2.49. The summed E-state index contributed by atoms with van der Waals surface area (Å²) < 4.78 is 11.0. The van der Waals surface area contributed by atoms with Crippen molar-refractivity contribution in [1.29, 1.82) is 0 Å². The highest BCUT2D eigenvalue weighted by Crippen LogP contribution is 2.25. The van der Waals surface area contributed by atoms with Gasteiger partial charge in [0, 0.05) is 33.4 Å². The first-order chi connectivity index (χ1) is 11.4. The lowest BCUT2D eigenvalue weighted by atomic mass is 9.99. The third-order valence-electron chi connectivity index (χ3n) is 4.36. The highest BCUT2D eigenvalue weighted by molar-refractivity contribution is 5.67. The molecule has 1 aliphatic heterocycles. The number of hydrogen-bond donors (Lipinski definition) is 0. The first-order valence-electron chi connectivity index (χ1n) is 8.33. The predicted octanol–water partition coefficient (Wildman–Crippen LogP) is 3.59. The van der Waals surface area contributed by atoms with E-state index in [-0.39, 0.29) is 6.10 Å². The molecule has 1 atom stereocenters. The molecule has 1 saturated heterocycles. The zero-order chi connectivity index (χ0) is 15.9. The van der Waals surface area contributed by atoms with Gasteiger partial charge in [0.05, 0.1) is 12.7 Å². The maximum atomic E-state index is 5.84. The Kier molecular flexibility index (Phi) is 5.81. The van der Waals surface area contributed by atoms with E-state index in [4.69, 9.17) is 9.47 Å². The third kappa shape index (κ3) is 4.41. The van der Waals surface area contributed by atoms with Crippen LogP contribution in [-0.4, -0.2) is 44.4 Å². The van der Waals surface area contributed by atoms with Crippen LogP contribution in [0.3, 0.4) is 0 Å². The van der Waals surface area contributed by atoms with E-state index in [0.717, 1.165) is 39.3 Å². The van der Waals surface area contributed by atoms with E-state index in [2.05, 4.69) is 59.5 Å². The number of nitrogens with zero attached hydrogens (tertiary/aromatic N) is 1. The minimum Gasteiger partial charge on any atom is -0.385 e. The van der Waals surface area contributed by atoms with Gasteiger partial charge in [-0.3, -0.25) is 4.90 Å². The molecule has 0 saturated carbocycles. The van der Waals surface area contributed by atoms with Crippen LogP contribution >= 0.6 is 0 Å². The lowest BCUT2D eigenvalue weighted by Gasteiger charge is -2.33. The fourth-order valence-corrected chi connectivity index (χ4v) is 3.15. The molecule has 122 valence electrons. The van der Waals surface area contributed by atoms with Crippen molar-refractivity contribution in [1.82, 2.24) is 4.90 Å². The van der Waals surface area contributed by atoms with Crippen molar-refractivity contribution in [2.24, 2.45) is 0 Å². The Morgan fingerprint density at radius 2 is 1.87 bits per heavy atom. The molecule has 0 aromatic heterocycles. The molecule has 0 aliphatic carbocycles. The number of morpholine rings is 1. The zero-order valence-corrected chi connectivity index (χ0v) is 13.8. The molecule has 0 amide bonds. The van der Waals surface area contributed by atoms with Gasteiger partial charge in [-0.2, -0.15) is 0 Å². The number of benzene rings is 2. The van der Waals surface area contributed by atoms with Crippen LogP contribution in [0.5, 0.6) is 0 Å². The highest BCUT2D eigenvalue weighted by Gasteiger charge is 2.21. The number of hydrogen-bond acceptors (Lipinski definition) is 3. The number of rotatable bonds is 6. The van der Waals surface area contributed by atoms with E-state index < -0.39 is 0 Å². The molecule has 23 heavy (non-hydrogen) atoms. The van der Waals surface area contributed by atoms with Crippen LogP contribution < -0.4 is 0 Å². The van der Waals surface area contributed by atoms with E-state index in [1.165, 1.54) is 16.7 Å². The van der Waals surface area contributed by atoms with Gasteiger partial charge < -0.3 is 9.47 Å². The normalized spacial score (nSPS) is 18.9. The van der Waals surface area contributed by atoms with Crippen molar-refractivity contribution in [2.75, 3.05) is 33.4 Å². The van der Waals surface area contributed by atoms with E-state index >= 15 is 0 Å². The second-order valence-electron chi connectivity index (χ2n) is 6.03. The molecule has 1 fully saturated rings. The van der Waals surface area contributed by atoms with Gasteiger partial charge in [0.1, 0.15) is 0 Å². The summed E-state index contributed by atoms with van der Waals surface area (Å²) in [5.41, 5.74) is 3.99. The maximum Gasteiger partial charge on any atom is 0.0724 e. The van der Waals surface area contributed by atoms with Gasteiger partial charge >= 0.3 is 0 Å². The predicted molar refractivity (Wildman–Crippen MR) is 93.4 cm³/mol. The second kappa shape index (κ2) is 8.25. The molecule has 0 unspecified atom stereocenters. The molecular formula is C20H25NO2. The van der Waals surface area contributed by atoms with Crippen molar-refractivity contribution in [3.8, 4) is 11.1 Å². The number of methoxy groups -OCH3 is 1. The fourth-order valence-electron chi connectivity index (χ4n) is 3.15. The topological polar surface area (TPSA) is 21.7 Å². The minimum atomic E-state index is 0.285. The first-order valence-corrected chi connectivity index (χ1v) is 8.33. The Bertz CT molecular complexity index is 600. The Hall–Kier alpha value is -1.68. The summed E-state index contributed by atoms with van der Waals surface area (Å²) in [7, 11) is 1.75. The van der Waals surface area contributed by atoms with Crippen molar-refractivity contribution in [2.45, 2.75) is 19.1 Å². The Morgan fingerprint density at radius 3 is 2.70 bits per heavy atom. The van der Waals surface area contributed by atoms with Crippen LogP contribution in [0.2, 0.25) is 0 Å². The van der Waals surface area contributed by atoms with E-state index in [1.807, 2.05) is 0 Å². The molecular weight excluding hydrogens is 286 g/mol. The van der Waals surface area contributed by atoms with E-state index in [1.54, 1.807) is 7.11 Å².